The number of rotatable bonds is 7. The van der Waals surface area contributed by atoms with Gasteiger partial charge in [0.05, 0.1) is 18.1 Å². The maximum atomic E-state index is 12.9. The molecule has 0 bridgehead atoms. The van der Waals surface area contributed by atoms with Gasteiger partial charge in [0, 0.05) is 31.7 Å². The number of nitrogens with zero attached hydrogens (tertiary/aromatic N) is 2. The van der Waals surface area contributed by atoms with Gasteiger partial charge in [-0.2, -0.15) is 4.31 Å². The van der Waals surface area contributed by atoms with Crippen molar-refractivity contribution in [3.8, 4) is 0 Å². The molecule has 0 N–H and O–H groups in total. The Morgan fingerprint density at radius 1 is 1.20 bits per heavy atom. The van der Waals surface area contributed by atoms with Gasteiger partial charge < -0.3 is 4.74 Å². The van der Waals surface area contributed by atoms with Gasteiger partial charge in [-0.3, -0.25) is 4.90 Å². The molecule has 1 saturated heterocycles. The van der Waals surface area contributed by atoms with E-state index in [0.717, 1.165) is 18.0 Å². The summed E-state index contributed by atoms with van der Waals surface area (Å²) in [6.45, 7) is 5.04. The molecule has 2 saturated carbocycles. The molecule has 2 aliphatic carbocycles. The van der Waals surface area contributed by atoms with E-state index < -0.39 is 10.0 Å². The zero-order valence-corrected chi connectivity index (χ0v) is 15.7. The van der Waals surface area contributed by atoms with Crippen LogP contribution in [-0.4, -0.2) is 56.0 Å². The van der Waals surface area contributed by atoms with Crippen LogP contribution < -0.4 is 0 Å². The molecule has 25 heavy (non-hydrogen) atoms. The van der Waals surface area contributed by atoms with Crippen LogP contribution in [0.1, 0.15) is 38.2 Å². The van der Waals surface area contributed by atoms with Crippen LogP contribution in [0.15, 0.2) is 29.2 Å². The van der Waals surface area contributed by atoms with Crippen molar-refractivity contribution in [2.24, 2.45) is 5.92 Å². The Kier molecular flexibility index (Phi) is 4.88. The van der Waals surface area contributed by atoms with Crippen LogP contribution >= 0.6 is 0 Å². The Balaban J connectivity index is 1.52. The molecule has 1 unspecified atom stereocenters. The minimum atomic E-state index is -3.41. The van der Waals surface area contributed by atoms with Crippen molar-refractivity contribution in [1.29, 1.82) is 0 Å². The minimum absolute atomic E-state index is 0.418. The van der Waals surface area contributed by atoms with Crippen molar-refractivity contribution in [2.45, 2.75) is 56.1 Å². The molecule has 0 aromatic heterocycles. The predicted octanol–water partition coefficient (Wildman–Crippen LogP) is 2.47. The van der Waals surface area contributed by atoms with Crippen molar-refractivity contribution < 1.29 is 13.2 Å². The first-order chi connectivity index (χ1) is 12.1. The van der Waals surface area contributed by atoms with E-state index in [-0.39, 0.29) is 0 Å². The van der Waals surface area contributed by atoms with E-state index in [0.29, 0.717) is 43.3 Å². The van der Waals surface area contributed by atoms with Crippen LogP contribution in [0.3, 0.4) is 0 Å². The van der Waals surface area contributed by atoms with Gasteiger partial charge in [-0.1, -0.05) is 12.1 Å². The molecule has 0 spiro atoms. The van der Waals surface area contributed by atoms with Crippen LogP contribution in [0.5, 0.6) is 0 Å². The fourth-order valence-corrected chi connectivity index (χ4v) is 5.29. The summed E-state index contributed by atoms with van der Waals surface area (Å²) in [7, 11) is -3.41. The van der Waals surface area contributed by atoms with E-state index in [2.05, 4.69) is 17.9 Å². The van der Waals surface area contributed by atoms with Gasteiger partial charge in [0.25, 0.3) is 0 Å². The van der Waals surface area contributed by atoms with Crippen molar-refractivity contribution in [3.63, 3.8) is 0 Å². The number of hydrogen-bond donors (Lipinski definition) is 0. The molecule has 138 valence electrons. The largest absolute Gasteiger partial charge is 0.379 e. The molecule has 6 heteroatoms. The second-order valence-corrected chi connectivity index (χ2v) is 9.58. The first-order valence-electron chi connectivity index (χ1n) is 9.48. The van der Waals surface area contributed by atoms with Crippen LogP contribution in [0, 0.1) is 5.92 Å². The number of morpholine rings is 1. The molecule has 0 amide bonds. The predicted molar refractivity (Wildman–Crippen MR) is 96.8 cm³/mol. The minimum Gasteiger partial charge on any atom is -0.379 e. The van der Waals surface area contributed by atoms with Crippen LogP contribution in [0.25, 0.3) is 0 Å². The summed E-state index contributed by atoms with van der Waals surface area (Å²) in [5.74, 6) is 0.834. The summed E-state index contributed by atoms with van der Waals surface area (Å²) in [6, 6.07) is 8.84. The fourth-order valence-electron chi connectivity index (χ4n) is 3.81. The highest BCUT2D eigenvalue weighted by Gasteiger charge is 2.39. The third-order valence-corrected chi connectivity index (χ3v) is 7.61. The first-order valence-corrected chi connectivity index (χ1v) is 10.9. The maximum absolute atomic E-state index is 12.9. The van der Waals surface area contributed by atoms with Gasteiger partial charge in [0.15, 0.2) is 0 Å². The van der Waals surface area contributed by atoms with E-state index >= 15 is 0 Å². The Labute approximate surface area is 151 Å². The lowest BCUT2D eigenvalue weighted by Gasteiger charge is -2.30. The third-order valence-electron chi connectivity index (χ3n) is 5.71. The zero-order chi connectivity index (χ0) is 17.4. The Morgan fingerprint density at radius 2 is 1.92 bits per heavy atom. The van der Waals surface area contributed by atoms with E-state index in [4.69, 9.17) is 4.74 Å². The molecular weight excluding hydrogens is 336 g/mol. The Bertz CT molecular complexity index is 707. The fraction of sp³-hybridized carbons (Fsp3) is 0.684. The summed E-state index contributed by atoms with van der Waals surface area (Å²) in [5, 5.41) is 0. The van der Waals surface area contributed by atoms with E-state index in [1.54, 1.807) is 10.4 Å². The normalized spacial score (nSPS) is 23.8. The SMILES string of the molecule is CC(C1CC1)N(Cc1cccc(S(=O)(=O)N2CCOCC2)c1)C1CC1. The molecule has 1 heterocycles. The average molecular weight is 365 g/mol. The maximum Gasteiger partial charge on any atom is 0.243 e. The average Bonchev–Trinajstić information content (AvgIpc) is 3.52. The van der Waals surface area contributed by atoms with Crippen molar-refractivity contribution >= 4 is 10.0 Å². The van der Waals surface area contributed by atoms with Crippen molar-refractivity contribution in [1.82, 2.24) is 9.21 Å². The lowest BCUT2D eigenvalue weighted by Crippen LogP contribution is -2.40. The van der Waals surface area contributed by atoms with Gasteiger partial charge in [-0.05, 0) is 56.2 Å². The molecule has 1 aromatic rings. The molecule has 4 rings (SSSR count). The molecule has 3 fully saturated rings. The topological polar surface area (TPSA) is 49.9 Å². The number of benzene rings is 1. The second-order valence-electron chi connectivity index (χ2n) is 7.65. The molecule has 0 radical (unpaired) electrons. The summed E-state index contributed by atoms with van der Waals surface area (Å²) in [4.78, 5) is 3.01. The highest BCUT2D eigenvalue weighted by Crippen LogP contribution is 2.40. The monoisotopic (exact) mass is 364 g/mol. The molecule has 1 aromatic carbocycles. The molecular formula is C19H28N2O3S. The van der Waals surface area contributed by atoms with Crippen LogP contribution in [0.2, 0.25) is 0 Å². The molecule has 1 aliphatic heterocycles. The Hall–Kier alpha value is -0.950. The molecule has 1 atom stereocenters. The molecule has 5 nitrogen and oxygen atoms in total. The standard InChI is InChI=1S/C19H28N2O3S/c1-15(17-5-6-17)21(18-7-8-18)14-16-3-2-4-19(13-16)25(22,23)20-9-11-24-12-10-20/h2-4,13,15,17-18H,5-12,14H2,1H3. The third kappa shape index (κ3) is 3.92. The summed E-state index contributed by atoms with van der Waals surface area (Å²) in [6.07, 6.45) is 5.25. The van der Waals surface area contributed by atoms with E-state index in [1.165, 1.54) is 25.7 Å². The first kappa shape index (κ1) is 17.5. The quantitative estimate of drug-likeness (QED) is 0.746. The van der Waals surface area contributed by atoms with Gasteiger partial charge in [-0.25, -0.2) is 8.42 Å². The summed E-state index contributed by atoms with van der Waals surface area (Å²) >= 11 is 0. The number of sulfonamides is 1. The second kappa shape index (κ2) is 6.99. The highest BCUT2D eigenvalue weighted by molar-refractivity contribution is 7.89. The van der Waals surface area contributed by atoms with Crippen molar-refractivity contribution in [2.75, 3.05) is 26.3 Å². The smallest absolute Gasteiger partial charge is 0.243 e. The number of hydrogen-bond acceptors (Lipinski definition) is 4. The van der Waals surface area contributed by atoms with Gasteiger partial charge >= 0.3 is 0 Å². The highest BCUT2D eigenvalue weighted by atomic mass is 32.2. The van der Waals surface area contributed by atoms with Crippen LogP contribution in [0.4, 0.5) is 0 Å². The van der Waals surface area contributed by atoms with E-state index in [1.807, 2.05) is 12.1 Å². The van der Waals surface area contributed by atoms with E-state index in [9.17, 15) is 8.42 Å². The summed E-state index contributed by atoms with van der Waals surface area (Å²) in [5.41, 5.74) is 1.11. The van der Waals surface area contributed by atoms with Gasteiger partial charge in [-0.15, -0.1) is 0 Å². The van der Waals surface area contributed by atoms with Gasteiger partial charge in [0.2, 0.25) is 10.0 Å². The lowest BCUT2D eigenvalue weighted by atomic mass is 10.1. The lowest BCUT2D eigenvalue weighted by molar-refractivity contribution is 0.0730. The summed E-state index contributed by atoms with van der Waals surface area (Å²) < 4.78 is 32.6. The van der Waals surface area contributed by atoms with Gasteiger partial charge in [0.1, 0.15) is 0 Å². The van der Waals surface area contributed by atoms with Crippen molar-refractivity contribution in [3.05, 3.63) is 29.8 Å². The molecule has 3 aliphatic rings. The van der Waals surface area contributed by atoms with Crippen LogP contribution in [-0.2, 0) is 21.3 Å². The number of ether oxygens (including phenoxy) is 1. The Morgan fingerprint density at radius 3 is 2.56 bits per heavy atom. The zero-order valence-electron chi connectivity index (χ0n) is 14.9.